The summed E-state index contributed by atoms with van der Waals surface area (Å²) in [6, 6.07) is 24.2. The Bertz CT molecular complexity index is 1060. The molecule has 0 unspecified atom stereocenters. The van der Waals surface area contributed by atoms with E-state index in [0.717, 1.165) is 28.0 Å². The highest BCUT2D eigenvalue weighted by Gasteiger charge is 2.08. The minimum Gasteiger partial charge on any atom is -0.355 e. The van der Waals surface area contributed by atoms with E-state index in [4.69, 9.17) is 0 Å². The first-order chi connectivity index (χ1) is 12.2. The van der Waals surface area contributed by atoms with Gasteiger partial charge in [-0.1, -0.05) is 48.0 Å². The third kappa shape index (κ3) is 3.19. The molecular formula is C21H19N3O. The van der Waals surface area contributed by atoms with Crippen molar-refractivity contribution in [1.82, 2.24) is 9.55 Å². The highest BCUT2D eigenvalue weighted by molar-refractivity contribution is 5.81. The summed E-state index contributed by atoms with van der Waals surface area (Å²) in [4.78, 5) is 15.3. The summed E-state index contributed by atoms with van der Waals surface area (Å²) in [5, 5.41) is 3.35. The van der Waals surface area contributed by atoms with Crippen molar-refractivity contribution in [1.29, 1.82) is 0 Å². The molecule has 0 aliphatic heterocycles. The molecule has 2 N–H and O–H groups in total. The number of aromatic amines is 1. The number of fused-ring (bicyclic) bond motifs is 1. The maximum Gasteiger partial charge on any atom is 0.326 e. The third-order valence-corrected chi connectivity index (χ3v) is 4.30. The smallest absolute Gasteiger partial charge is 0.326 e. The number of nitrogens with zero attached hydrogens (tertiary/aromatic N) is 1. The van der Waals surface area contributed by atoms with Crippen molar-refractivity contribution in [3.63, 3.8) is 0 Å². The number of H-pyrrole nitrogens is 1. The molecule has 0 atom stereocenters. The summed E-state index contributed by atoms with van der Waals surface area (Å²) in [5.74, 6) is 0. The average molecular weight is 329 g/mol. The Morgan fingerprint density at radius 3 is 2.44 bits per heavy atom. The van der Waals surface area contributed by atoms with E-state index in [-0.39, 0.29) is 5.69 Å². The number of hydrogen-bond acceptors (Lipinski definition) is 2. The topological polar surface area (TPSA) is 49.8 Å². The van der Waals surface area contributed by atoms with E-state index >= 15 is 0 Å². The molecule has 3 aromatic carbocycles. The van der Waals surface area contributed by atoms with E-state index in [1.165, 1.54) is 5.56 Å². The zero-order valence-electron chi connectivity index (χ0n) is 14.0. The number of nitrogens with one attached hydrogen (secondary N) is 2. The monoisotopic (exact) mass is 329 g/mol. The standard InChI is InChI=1S/C21H19N3O/c1-15-7-9-16(10-8-15)14-24-20-12-11-18(13-19(20)23-21(24)25)22-17-5-3-2-4-6-17/h2-13,22H,14H2,1H3,(H,23,25). The van der Waals surface area contributed by atoms with Crippen molar-refractivity contribution in [3.8, 4) is 0 Å². The lowest BCUT2D eigenvalue weighted by Crippen LogP contribution is -2.17. The Morgan fingerprint density at radius 2 is 1.68 bits per heavy atom. The van der Waals surface area contributed by atoms with Gasteiger partial charge in [-0.05, 0) is 42.8 Å². The lowest BCUT2D eigenvalue weighted by Gasteiger charge is -2.07. The molecule has 0 saturated carbocycles. The maximum atomic E-state index is 12.4. The fourth-order valence-corrected chi connectivity index (χ4v) is 2.96. The Hall–Kier alpha value is -3.27. The number of rotatable bonds is 4. The van der Waals surface area contributed by atoms with Gasteiger partial charge in [0, 0.05) is 11.4 Å². The molecule has 4 rings (SSSR count). The zero-order chi connectivity index (χ0) is 17.2. The van der Waals surface area contributed by atoms with Crippen molar-refractivity contribution >= 4 is 22.4 Å². The van der Waals surface area contributed by atoms with Crippen LogP contribution in [0.2, 0.25) is 0 Å². The molecule has 124 valence electrons. The zero-order valence-corrected chi connectivity index (χ0v) is 14.0. The van der Waals surface area contributed by atoms with E-state index in [0.29, 0.717) is 6.54 Å². The summed E-state index contributed by atoms with van der Waals surface area (Å²) >= 11 is 0. The SMILES string of the molecule is Cc1ccc(Cn2c(=O)[nH]c3cc(Nc4ccccc4)ccc32)cc1. The Labute approximate surface area is 145 Å². The van der Waals surface area contributed by atoms with Crippen LogP contribution in [-0.4, -0.2) is 9.55 Å². The summed E-state index contributed by atoms with van der Waals surface area (Å²) < 4.78 is 1.77. The van der Waals surface area contributed by atoms with E-state index in [9.17, 15) is 4.79 Å². The number of aromatic nitrogens is 2. The van der Waals surface area contributed by atoms with Crippen LogP contribution in [0.4, 0.5) is 11.4 Å². The van der Waals surface area contributed by atoms with Crippen LogP contribution in [0.5, 0.6) is 0 Å². The molecular weight excluding hydrogens is 310 g/mol. The second kappa shape index (κ2) is 6.32. The minimum absolute atomic E-state index is 0.0903. The summed E-state index contributed by atoms with van der Waals surface area (Å²) in [7, 11) is 0. The first-order valence-corrected chi connectivity index (χ1v) is 8.29. The molecule has 0 aliphatic rings. The number of anilines is 2. The highest BCUT2D eigenvalue weighted by Crippen LogP contribution is 2.21. The predicted molar refractivity (Wildman–Crippen MR) is 103 cm³/mol. The van der Waals surface area contributed by atoms with Crippen molar-refractivity contribution in [2.24, 2.45) is 0 Å². The van der Waals surface area contributed by atoms with Crippen LogP contribution in [0.15, 0.2) is 77.6 Å². The molecule has 0 spiro atoms. The van der Waals surface area contributed by atoms with Gasteiger partial charge in [-0.25, -0.2) is 4.79 Å². The van der Waals surface area contributed by atoms with Crippen LogP contribution >= 0.6 is 0 Å². The van der Waals surface area contributed by atoms with Gasteiger partial charge in [0.05, 0.1) is 17.6 Å². The summed E-state index contributed by atoms with van der Waals surface area (Å²) in [6.45, 7) is 2.62. The van der Waals surface area contributed by atoms with Crippen molar-refractivity contribution in [2.75, 3.05) is 5.32 Å². The quantitative estimate of drug-likeness (QED) is 0.582. The Balaban J connectivity index is 1.66. The van der Waals surface area contributed by atoms with Gasteiger partial charge in [-0.2, -0.15) is 0 Å². The first kappa shape index (κ1) is 15.3. The molecule has 4 nitrogen and oxygen atoms in total. The van der Waals surface area contributed by atoms with E-state index in [2.05, 4.69) is 41.5 Å². The Morgan fingerprint density at radius 1 is 0.920 bits per heavy atom. The average Bonchev–Trinajstić information content (AvgIpc) is 2.92. The van der Waals surface area contributed by atoms with Crippen LogP contribution in [0.25, 0.3) is 11.0 Å². The molecule has 1 aromatic heterocycles. The predicted octanol–water partition coefficient (Wildman–Crippen LogP) is 4.43. The minimum atomic E-state index is -0.0903. The second-order valence-electron chi connectivity index (χ2n) is 6.22. The van der Waals surface area contributed by atoms with Gasteiger partial charge in [0.25, 0.3) is 0 Å². The second-order valence-corrected chi connectivity index (χ2v) is 6.22. The van der Waals surface area contributed by atoms with E-state index in [1.54, 1.807) is 4.57 Å². The molecule has 0 aliphatic carbocycles. The molecule has 4 heteroatoms. The molecule has 0 radical (unpaired) electrons. The number of para-hydroxylation sites is 1. The van der Waals surface area contributed by atoms with Crippen LogP contribution in [0.1, 0.15) is 11.1 Å². The lowest BCUT2D eigenvalue weighted by atomic mass is 10.1. The lowest BCUT2D eigenvalue weighted by molar-refractivity contribution is 0.786. The fraction of sp³-hybridized carbons (Fsp3) is 0.0952. The number of hydrogen-bond donors (Lipinski definition) is 2. The van der Waals surface area contributed by atoms with Gasteiger partial charge in [-0.3, -0.25) is 4.57 Å². The van der Waals surface area contributed by atoms with Gasteiger partial charge in [0.1, 0.15) is 0 Å². The fourth-order valence-electron chi connectivity index (χ4n) is 2.96. The van der Waals surface area contributed by atoms with Crippen molar-refractivity contribution in [2.45, 2.75) is 13.5 Å². The van der Waals surface area contributed by atoms with Crippen molar-refractivity contribution in [3.05, 3.63) is 94.4 Å². The normalized spacial score (nSPS) is 10.9. The van der Waals surface area contributed by atoms with E-state index in [1.807, 2.05) is 48.5 Å². The van der Waals surface area contributed by atoms with Gasteiger partial charge in [0.2, 0.25) is 0 Å². The molecule has 0 amide bonds. The van der Waals surface area contributed by atoms with E-state index < -0.39 is 0 Å². The van der Waals surface area contributed by atoms with Crippen LogP contribution in [0, 0.1) is 6.92 Å². The summed E-state index contributed by atoms with van der Waals surface area (Å²) in [5.41, 5.74) is 5.94. The van der Waals surface area contributed by atoms with Crippen LogP contribution < -0.4 is 11.0 Å². The maximum absolute atomic E-state index is 12.4. The molecule has 4 aromatic rings. The number of aryl methyl sites for hydroxylation is 1. The van der Waals surface area contributed by atoms with Gasteiger partial charge in [0.15, 0.2) is 0 Å². The molecule has 25 heavy (non-hydrogen) atoms. The molecule has 0 fully saturated rings. The number of imidazole rings is 1. The van der Waals surface area contributed by atoms with Crippen LogP contribution in [0.3, 0.4) is 0 Å². The van der Waals surface area contributed by atoms with Crippen molar-refractivity contribution < 1.29 is 0 Å². The Kier molecular flexibility index (Phi) is 3.86. The molecule has 0 bridgehead atoms. The van der Waals surface area contributed by atoms with Crippen LogP contribution in [-0.2, 0) is 6.54 Å². The molecule has 0 saturated heterocycles. The largest absolute Gasteiger partial charge is 0.355 e. The molecule has 1 heterocycles. The number of benzene rings is 3. The summed E-state index contributed by atoms with van der Waals surface area (Å²) in [6.07, 6.45) is 0. The first-order valence-electron chi connectivity index (χ1n) is 8.29. The highest BCUT2D eigenvalue weighted by atomic mass is 16.1. The van der Waals surface area contributed by atoms with Gasteiger partial charge >= 0.3 is 5.69 Å². The third-order valence-electron chi connectivity index (χ3n) is 4.30. The van der Waals surface area contributed by atoms with Gasteiger partial charge < -0.3 is 10.3 Å². The van der Waals surface area contributed by atoms with Gasteiger partial charge in [-0.15, -0.1) is 0 Å².